The van der Waals surface area contributed by atoms with Crippen molar-refractivity contribution < 1.29 is 38.1 Å². The van der Waals surface area contributed by atoms with Gasteiger partial charge in [0.25, 0.3) is 5.56 Å². The Labute approximate surface area is 384 Å². The summed E-state index contributed by atoms with van der Waals surface area (Å²) in [5.74, 6) is -2.08. The lowest BCUT2D eigenvalue weighted by molar-refractivity contribution is -0.172. The topological polar surface area (TPSA) is 232 Å². The van der Waals surface area contributed by atoms with Gasteiger partial charge >= 0.3 is 12.1 Å². The number of anilines is 1. The maximum atomic E-state index is 15.4. The Balaban J connectivity index is 0.879. The second-order valence-electron chi connectivity index (χ2n) is 17.6. The second-order valence-corrected chi connectivity index (χ2v) is 17.6. The summed E-state index contributed by atoms with van der Waals surface area (Å²) in [5.41, 5.74) is 11.0. The standard InChI is InChI=1S/C50H53FN8O8/c1-4-50(65)34-20-41-44-32(23-59(41)47(62)33(34)25-66-48(50)63)43-38(17-16-30-26(2)35(51)21-40(56-44)42(30)43)58-49(64)67-24-27-12-14-29(15-13-27)55-46(61)39(11-7-8-18-53-3)57-45(60)36(52)19-28-22-54-37-10-6-5-9-31(28)37/h5-6,9-10,12-15,20-22,36,38-39,53-54,65H,4,7-8,11,16-19,23-25,52H2,1-3H3,(H,55,61)(H,57,60)(H,58,64)/t36-,38-,39-,50-/m0/s1. The quantitative estimate of drug-likeness (QED) is 0.0515. The normalized spacial score (nSPS) is 17.8. The molecule has 0 bridgehead atoms. The first-order valence-electron chi connectivity index (χ1n) is 22.7. The number of nitrogens with two attached hydrogens (primary N) is 1. The van der Waals surface area contributed by atoms with Gasteiger partial charge in [0.15, 0.2) is 5.60 Å². The van der Waals surface area contributed by atoms with E-state index in [0.717, 1.165) is 35.0 Å². The third-order valence-corrected chi connectivity index (χ3v) is 13.5. The lowest BCUT2D eigenvalue weighted by atomic mass is 9.81. The molecular formula is C50H53FN8O8. The number of benzene rings is 3. The van der Waals surface area contributed by atoms with Crippen molar-refractivity contribution in [3.63, 3.8) is 0 Å². The van der Waals surface area contributed by atoms with Crippen molar-refractivity contribution in [3.8, 4) is 11.4 Å². The molecule has 9 rings (SSSR count). The summed E-state index contributed by atoms with van der Waals surface area (Å²) in [7, 11) is 1.86. The maximum absolute atomic E-state index is 15.4. The van der Waals surface area contributed by atoms with Crippen LogP contribution in [0.15, 0.2) is 71.7 Å². The number of pyridine rings is 2. The molecule has 0 spiro atoms. The zero-order chi connectivity index (χ0) is 47.1. The molecule has 8 N–H and O–H groups in total. The molecule has 0 unspecified atom stereocenters. The molecule has 4 atom stereocenters. The number of H-pyrrole nitrogens is 1. The number of aryl methyl sites for hydroxylation is 1. The van der Waals surface area contributed by atoms with Crippen molar-refractivity contribution in [3.05, 3.63) is 128 Å². The molecule has 2 aliphatic heterocycles. The number of fused-ring (bicyclic) bond motifs is 6. The average Bonchev–Trinajstić information content (AvgIpc) is 3.91. The van der Waals surface area contributed by atoms with Crippen molar-refractivity contribution >= 4 is 51.4 Å². The van der Waals surface area contributed by atoms with Gasteiger partial charge in [-0.15, -0.1) is 0 Å². The van der Waals surface area contributed by atoms with Crippen LogP contribution in [0.2, 0.25) is 0 Å². The minimum absolute atomic E-state index is 0.0168. The largest absolute Gasteiger partial charge is 0.458 e. The zero-order valence-electron chi connectivity index (χ0n) is 37.5. The number of nitrogens with zero attached hydrogens (tertiary/aromatic N) is 2. The van der Waals surface area contributed by atoms with Crippen LogP contribution in [-0.2, 0) is 62.1 Å². The molecule has 0 saturated heterocycles. The minimum Gasteiger partial charge on any atom is -0.458 e. The molecule has 3 aromatic carbocycles. The van der Waals surface area contributed by atoms with E-state index in [9.17, 15) is 29.1 Å². The highest BCUT2D eigenvalue weighted by Gasteiger charge is 2.46. The third kappa shape index (κ3) is 8.42. The Morgan fingerprint density at radius 3 is 2.64 bits per heavy atom. The van der Waals surface area contributed by atoms with E-state index >= 15 is 4.39 Å². The molecule has 348 valence electrons. The van der Waals surface area contributed by atoms with E-state index in [0.29, 0.717) is 82.3 Å². The van der Waals surface area contributed by atoms with E-state index in [1.54, 1.807) is 44.2 Å². The van der Waals surface area contributed by atoms with Crippen molar-refractivity contribution in [1.82, 2.24) is 30.5 Å². The van der Waals surface area contributed by atoms with E-state index in [-0.39, 0.29) is 43.2 Å². The van der Waals surface area contributed by atoms with Crippen LogP contribution >= 0.6 is 0 Å². The number of hydrogen-bond donors (Lipinski definition) is 7. The Kier molecular flexibility index (Phi) is 12.4. The van der Waals surface area contributed by atoms with Crippen LogP contribution < -0.4 is 32.6 Å². The molecule has 0 saturated carbocycles. The number of carbonyl (C=O) groups excluding carboxylic acids is 4. The molecule has 6 aromatic rings. The third-order valence-electron chi connectivity index (χ3n) is 13.5. The summed E-state index contributed by atoms with van der Waals surface area (Å²) in [6, 6.07) is 15.3. The van der Waals surface area contributed by atoms with Gasteiger partial charge in [-0.3, -0.25) is 14.4 Å². The summed E-state index contributed by atoms with van der Waals surface area (Å²) in [4.78, 5) is 75.4. The number of nitrogens with one attached hydrogen (secondary N) is 5. The number of rotatable bonds is 15. The average molecular weight is 913 g/mol. The number of aromatic nitrogens is 3. The smallest absolute Gasteiger partial charge is 0.407 e. The monoisotopic (exact) mass is 912 g/mol. The molecule has 3 amide bonds. The van der Waals surface area contributed by atoms with Crippen LogP contribution in [0.25, 0.3) is 33.2 Å². The first-order chi connectivity index (χ1) is 32.3. The van der Waals surface area contributed by atoms with Crippen LogP contribution in [0, 0.1) is 12.7 Å². The van der Waals surface area contributed by atoms with Gasteiger partial charge in [-0.2, -0.15) is 0 Å². The Morgan fingerprint density at radius 1 is 1.07 bits per heavy atom. The van der Waals surface area contributed by atoms with Gasteiger partial charge in [0, 0.05) is 45.4 Å². The second kappa shape index (κ2) is 18.4. The highest BCUT2D eigenvalue weighted by molar-refractivity contribution is 5.98. The summed E-state index contributed by atoms with van der Waals surface area (Å²) < 4.78 is 27.9. The number of esters is 1. The summed E-state index contributed by atoms with van der Waals surface area (Å²) in [6.07, 6.45) is 4.20. The number of aromatic amines is 1. The Morgan fingerprint density at radius 2 is 1.87 bits per heavy atom. The Bertz CT molecular complexity index is 3020. The van der Waals surface area contributed by atoms with Gasteiger partial charge in [0.1, 0.15) is 25.1 Å². The fourth-order valence-electron chi connectivity index (χ4n) is 9.77. The molecular weight excluding hydrogens is 860 g/mol. The molecule has 0 fully saturated rings. The van der Waals surface area contributed by atoms with Gasteiger partial charge in [-0.1, -0.05) is 37.3 Å². The van der Waals surface area contributed by atoms with Crippen molar-refractivity contribution in [2.24, 2.45) is 5.73 Å². The molecule has 16 nitrogen and oxygen atoms in total. The van der Waals surface area contributed by atoms with Crippen LogP contribution in [0.3, 0.4) is 0 Å². The summed E-state index contributed by atoms with van der Waals surface area (Å²) >= 11 is 0. The lowest BCUT2D eigenvalue weighted by Gasteiger charge is -2.31. The number of alkyl carbamates (subject to hydrolysis) is 1. The van der Waals surface area contributed by atoms with Crippen molar-refractivity contribution in [1.29, 1.82) is 0 Å². The predicted molar refractivity (Wildman–Crippen MR) is 248 cm³/mol. The van der Waals surface area contributed by atoms with E-state index in [1.165, 1.54) is 10.6 Å². The number of amides is 3. The number of cyclic esters (lactones) is 1. The van der Waals surface area contributed by atoms with Gasteiger partial charge in [0.2, 0.25) is 11.8 Å². The number of para-hydroxylation sites is 1. The number of aliphatic hydroxyl groups is 1. The number of halogens is 1. The van der Waals surface area contributed by atoms with Crippen LogP contribution in [-0.4, -0.2) is 69.2 Å². The molecule has 17 heteroatoms. The van der Waals surface area contributed by atoms with Crippen molar-refractivity contribution in [2.75, 3.05) is 18.9 Å². The number of carbonyl (C=O) groups is 4. The van der Waals surface area contributed by atoms with Gasteiger partial charge < -0.3 is 51.1 Å². The highest BCUT2D eigenvalue weighted by atomic mass is 19.1. The van der Waals surface area contributed by atoms with E-state index < -0.39 is 53.1 Å². The molecule has 0 radical (unpaired) electrons. The number of ether oxygens (including phenoxy) is 2. The fourth-order valence-corrected chi connectivity index (χ4v) is 9.77. The summed E-state index contributed by atoms with van der Waals surface area (Å²) in [5, 5.41) is 25.0. The predicted octanol–water partition coefficient (Wildman–Crippen LogP) is 5.31. The summed E-state index contributed by atoms with van der Waals surface area (Å²) in [6.45, 7) is 3.83. The number of hydrogen-bond acceptors (Lipinski definition) is 11. The van der Waals surface area contributed by atoms with Crippen LogP contribution in [0.1, 0.15) is 89.6 Å². The minimum atomic E-state index is -2.02. The van der Waals surface area contributed by atoms with Gasteiger partial charge in [0.05, 0.1) is 41.1 Å². The lowest BCUT2D eigenvalue weighted by Crippen LogP contribution is -2.50. The fraction of sp³-hybridized carbons (Fsp3) is 0.360. The number of unbranched alkanes of at least 4 members (excludes halogenated alkanes) is 1. The van der Waals surface area contributed by atoms with E-state index in [2.05, 4.69) is 26.3 Å². The molecule has 3 aromatic heterocycles. The SMILES string of the molecule is CC[C@@]1(O)C(=O)OCc2c1cc1n(c2=O)Cc2c-1nc1cc(F)c(C)c3c1c2[C@@H](NC(=O)OCc1ccc(NC(=O)[C@H](CCCCNC)NC(=O)[C@@H](N)Cc2c[nH]c4ccccc24)cc1)CC3. The first kappa shape index (κ1) is 45.2. The first-order valence-corrected chi connectivity index (χ1v) is 22.7. The Hall–Kier alpha value is -6.95. The maximum Gasteiger partial charge on any atom is 0.407 e. The van der Waals surface area contributed by atoms with Crippen LogP contribution in [0.4, 0.5) is 14.9 Å². The highest BCUT2D eigenvalue weighted by Crippen LogP contribution is 2.46. The van der Waals surface area contributed by atoms with E-state index in [1.807, 2.05) is 37.5 Å². The molecule has 67 heavy (non-hydrogen) atoms. The molecule has 1 aliphatic carbocycles. The van der Waals surface area contributed by atoms with Gasteiger partial charge in [-0.25, -0.2) is 19.0 Å². The molecule has 3 aliphatic rings. The van der Waals surface area contributed by atoms with Crippen LogP contribution in [0.5, 0.6) is 0 Å². The van der Waals surface area contributed by atoms with E-state index in [4.69, 9.17) is 20.2 Å². The van der Waals surface area contributed by atoms with Gasteiger partial charge in [-0.05, 0) is 118 Å². The molecule has 5 heterocycles. The zero-order valence-corrected chi connectivity index (χ0v) is 37.5. The van der Waals surface area contributed by atoms with Crippen molar-refractivity contribution in [2.45, 2.75) is 102 Å².